The Labute approximate surface area is 104 Å². The van der Waals surface area contributed by atoms with E-state index in [-0.39, 0.29) is 24.2 Å². The Bertz CT molecular complexity index is 415. The third-order valence-corrected chi connectivity index (χ3v) is 2.60. The Balaban J connectivity index is 2.79. The van der Waals surface area contributed by atoms with Crippen LogP contribution < -0.4 is 16.2 Å². The van der Waals surface area contributed by atoms with E-state index in [1.807, 2.05) is 0 Å². The molecule has 0 aromatic heterocycles. The minimum atomic E-state index is -0.810. The minimum absolute atomic E-state index is 0.0954. The summed E-state index contributed by atoms with van der Waals surface area (Å²) in [4.78, 5) is 10.6. The zero-order valence-electron chi connectivity index (χ0n) is 10.1. The number of primary amides is 1. The molecular weight excluding hydrogens is 242 g/mol. The number of nitrogens with two attached hydrogens (primary N) is 2. The Morgan fingerprint density at radius 2 is 1.94 bits per heavy atom. The molecule has 1 amide bonds. The van der Waals surface area contributed by atoms with Crippen molar-refractivity contribution in [2.24, 2.45) is 11.5 Å². The van der Waals surface area contributed by atoms with Crippen LogP contribution in [0.25, 0.3) is 0 Å². The van der Waals surface area contributed by atoms with Crippen molar-refractivity contribution in [2.45, 2.75) is 25.3 Å². The molecule has 1 unspecified atom stereocenters. The molecule has 0 heterocycles. The Hall–Kier alpha value is -1.69. The molecule has 4 N–H and O–H groups in total. The monoisotopic (exact) mass is 258 g/mol. The molecule has 1 rings (SSSR count). The average Bonchev–Trinajstić information content (AvgIpc) is 2.27. The van der Waals surface area contributed by atoms with Crippen molar-refractivity contribution in [1.82, 2.24) is 0 Å². The lowest BCUT2D eigenvalue weighted by atomic mass is 10.0. The second-order valence-electron chi connectivity index (χ2n) is 3.97. The van der Waals surface area contributed by atoms with Crippen LogP contribution in [0.3, 0.4) is 0 Å². The van der Waals surface area contributed by atoms with Crippen molar-refractivity contribution in [2.75, 3.05) is 7.11 Å². The van der Waals surface area contributed by atoms with Gasteiger partial charge >= 0.3 is 0 Å². The van der Waals surface area contributed by atoms with Crippen molar-refractivity contribution < 1.29 is 18.3 Å². The number of carbonyl (C=O) groups is 1. The van der Waals surface area contributed by atoms with Gasteiger partial charge in [0.2, 0.25) is 5.91 Å². The predicted octanol–water partition coefficient (Wildman–Crippen LogP) is 1.63. The maximum Gasteiger partial charge on any atom is 0.217 e. The number of hydrogen-bond acceptors (Lipinski definition) is 3. The molecule has 0 fully saturated rings. The third-order valence-electron chi connectivity index (χ3n) is 2.60. The lowest BCUT2D eigenvalue weighted by Gasteiger charge is -2.14. The fourth-order valence-electron chi connectivity index (χ4n) is 1.67. The molecule has 0 bridgehead atoms. The summed E-state index contributed by atoms with van der Waals surface area (Å²) in [5, 5.41) is 0. The molecule has 6 heteroatoms. The first kappa shape index (κ1) is 14.4. The number of ether oxygens (including phenoxy) is 1. The van der Waals surface area contributed by atoms with E-state index >= 15 is 0 Å². The smallest absolute Gasteiger partial charge is 0.217 e. The Morgan fingerprint density at radius 1 is 1.39 bits per heavy atom. The van der Waals surface area contributed by atoms with Gasteiger partial charge in [0.15, 0.2) is 0 Å². The third kappa shape index (κ3) is 3.66. The number of amides is 1. The van der Waals surface area contributed by atoms with Crippen LogP contribution in [0.4, 0.5) is 8.78 Å². The highest BCUT2D eigenvalue weighted by molar-refractivity contribution is 5.73. The first-order chi connectivity index (χ1) is 8.45. The number of halogens is 2. The van der Waals surface area contributed by atoms with E-state index in [4.69, 9.17) is 16.2 Å². The molecule has 4 nitrogen and oxygen atoms in total. The summed E-state index contributed by atoms with van der Waals surface area (Å²) in [7, 11) is 1.32. The zero-order valence-corrected chi connectivity index (χ0v) is 10.1. The standard InChI is InChI=1S/C12H16F2N2O2/c1-18-7-5-8(13)12(9(14)6-7)10(15)3-2-4-11(16)17/h5-6,10H,2-4,15H2,1H3,(H2,16,17). The highest BCUT2D eigenvalue weighted by Gasteiger charge is 2.18. The van der Waals surface area contributed by atoms with Gasteiger partial charge in [0.25, 0.3) is 0 Å². The molecule has 1 aromatic rings. The van der Waals surface area contributed by atoms with Crippen molar-refractivity contribution in [1.29, 1.82) is 0 Å². The second-order valence-corrected chi connectivity index (χ2v) is 3.97. The summed E-state index contributed by atoms with van der Waals surface area (Å²) in [6, 6.07) is 1.34. The van der Waals surface area contributed by atoms with Crippen LogP contribution in [0.5, 0.6) is 5.75 Å². The van der Waals surface area contributed by atoms with Crippen molar-refractivity contribution in [3.05, 3.63) is 29.3 Å². The SMILES string of the molecule is COc1cc(F)c(C(N)CCCC(N)=O)c(F)c1. The van der Waals surface area contributed by atoms with Gasteiger partial charge < -0.3 is 16.2 Å². The van der Waals surface area contributed by atoms with Gasteiger partial charge in [-0.1, -0.05) is 0 Å². The fraction of sp³-hybridized carbons (Fsp3) is 0.417. The molecule has 0 spiro atoms. The van der Waals surface area contributed by atoms with Gasteiger partial charge in [0, 0.05) is 30.2 Å². The highest BCUT2D eigenvalue weighted by atomic mass is 19.1. The molecule has 0 saturated carbocycles. The molecule has 0 aliphatic heterocycles. The van der Waals surface area contributed by atoms with Gasteiger partial charge in [-0.3, -0.25) is 4.79 Å². The van der Waals surface area contributed by atoms with Crippen LogP contribution in [0.15, 0.2) is 12.1 Å². The maximum atomic E-state index is 13.6. The normalized spacial score (nSPS) is 12.2. The predicted molar refractivity (Wildman–Crippen MR) is 62.9 cm³/mol. The topological polar surface area (TPSA) is 78.3 Å². The van der Waals surface area contributed by atoms with Crippen LogP contribution in [-0.2, 0) is 4.79 Å². The number of rotatable bonds is 6. The van der Waals surface area contributed by atoms with Crippen molar-refractivity contribution in [3.8, 4) is 5.75 Å². The molecule has 0 aliphatic rings. The van der Waals surface area contributed by atoms with Crippen LogP contribution >= 0.6 is 0 Å². The summed E-state index contributed by atoms with van der Waals surface area (Å²) in [5.74, 6) is -1.87. The first-order valence-corrected chi connectivity index (χ1v) is 5.52. The minimum Gasteiger partial charge on any atom is -0.497 e. The second kappa shape index (κ2) is 6.30. The largest absolute Gasteiger partial charge is 0.497 e. The molecule has 0 radical (unpaired) electrons. The van der Waals surface area contributed by atoms with E-state index < -0.39 is 23.6 Å². The summed E-state index contributed by atoms with van der Waals surface area (Å²) < 4.78 is 32.0. The Morgan fingerprint density at radius 3 is 2.39 bits per heavy atom. The van der Waals surface area contributed by atoms with Crippen molar-refractivity contribution >= 4 is 5.91 Å². The van der Waals surface area contributed by atoms with Gasteiger partial charge in [-0.15, -0.1) is 0 Å². The van der Waals surface area contributed by atoms with E-state index in [0.29, 0.717) is 6.42 Å². The maximum absolute atomic E-state index is 13.6. The van der Waals surface area contributed by atoms with E-state index in [1.54, 1.807) is 0 Å². The van der Waals surface area contributed by atoms with Crippen molar-refractivity contribution in [3.63, 3.8) is 0 Å². The van der Waals surface area contributed by atoms with E-state index in [9.17, 15) is 13.6 Å². The zero-order chi connectivity index (χ0) is 13.7. The van der Waals surface area contributed by atoms with Gasteiger partial charge in [-0.25, -0.2) is 8.78 Å². The van der Waals surface area contributed by atoms with Gasteiger partial charge in [0.1, 0.15) is 17.4 Å². The van der Waals surface area contributed by atoms with Crippen LogP contribution in [0, 0.1) is 11.6 Å². The summed E-state index contributed by atoms with van der Waals surface area (Å²) in [5.41, 5.74) is 10.5. The molecule has 1 atom stereocenters. The fourth-order valence-corrected chi connectivity index (χ4v) is 1.67. The van der Waals surface area contributed by atoms with E-state index in [2.05, 4.69) is 0 Å². The van der Waals surface area contributed by atoms with Gasteiger partial charge in [-0.05, 0) is 12.8 Å². The number of methoxy groups -OCH3 is 1. The quantitative estimate of drug-likeness (QED) is 0.814. The molecule has 18 heavy (non-hydrogen) atoms. The van der Waals surface area contributed by atoms with Crippen LogP contribution in [0.1, 0.15) is 30.9 Å². The summed E-state index contributed by atoms with van der Waals surface area (Å²) in [6.07, 6.45) is 0.817. The van der Waals surface area contributed by atoms with Crippen LogP contribution in [-0.4, -0.2) is 13.0 Å². The molecule has 0 aliphatic carbocycles. The van der Waals surface area contributed by atoms with Crippen LogP contribution in [0.2, 0.25) is 0 Å². The Kier molecular flexibility index (Phi) is 5.03. The number of carbonyl (C=O) groups excluding carboxylic acids is 1. The number of benzene rings is 1. The molecular formula is C12H16F2N2O2. The molecule has 100 valence electrons. The van der Waals surface area contributed by atoms with Gasteiger partial charge in [-0.2, -0.15) is 0 Å². The average molecular weight is 258 g/mol. The first-order valence-electron chi connectivity index (χ1n) is 5.52. The number of hydrogen-bond donors (Lipinski definition) is 2. The lowest BCUT2D eigenvalue weighted by molar-refractivity contribution is -0.118. The summed E-state index contributed by atoms with van der Waals surface area (Å²) >= 11 is 0. The molecule has 1 aromatic carbocycles. The van der Waals surface area contributed by atoms with E-state index in [0.717, 1.165) is 12.1 Å². The summed E-state index contributed by atoms with van der Waals surface area (Å²) in [6.45, 7) is 0. The lowest BCUT2D eigenvalue weighted by Crippen LogP contribution is -2.16. The van der Waals surface area contributed by atoms with Gasteiger partial charge in [0.05, 0.1) is 7.11 Å². The highest BCUT2D eigenvalue weighted by Crippen LogP contribution is 2.27. The van der Waals surface area contributed by atoms with E-state index in [1.165, 1.54) is 7.11 Å². The molecule has 0 saturated heterocycles.